The SMILES string of the molecule is Cc1cc(C(=O)NCC(O)C2CCCC2)c(C)n1C(C)C. The molecule has 118 valence electrons. The number of aliphatic hydroxyl groups excluding tert-OH is 1. The molecule has 0 bridgehead atoms. The molecule has 0 saturated heterocycles. The summed E-state index contributed by atoms with van der Waals surface area (Å²) in [7, 11) is 0. The Balaban J connectivity index is 1.99. The van der Waals surface area contributed by atoms with Gasteiger partial charge in [0.1, 0.15) is 0 Å². The Morgan fingerprint density at radius 1 is 1.38 bits per heavy atom. The topological polar surface area (TPSA) is 54.3 Å². The van der Waals surface area contributed by atoms with Crippen LogP contribution < -0.4 is 5.32 Å². The van der Waals surface area contributed by atoms with Crippen LogP contribution in [0.15, 0.2) is 6.07 Å². The summed E-state index contributed by atoms with van der Waals surface area (Å²) in [4.78, 5) is 12.3. The Hall–Kier alpha value is -1.29. The summed E-state index contributed by atoms with van der Waals surface area (Å²) in [6.45, 7) is 8.60. The first-order chi connectivity index (χ1) is 9.91. The minimum atomic E-state index is -0.412. The van der Waals surface area contributed by atoms with E-state index in [0.717, 1.165) is 29.8 Å². The van der Waals surface area contributed by atoms with Gasteiger partial charge in [0, 0.05) is 24.0 Å². The van der Waals surface area contributed by atoms with Crippen LogP contribution in [-0.2, 0) is 0 Å². The number of nitrogens with zero attached hydrogens (tertiary/aromatic N) is 1. The molecule has 2 N–H and O–H groups in total. The van der Waals surface area contributed by atoms with Gasteiger partial charge >= 0.3 is 0 Å². The minimum Gasteiger partial charge on any atom is -0.391 e. The van der Waals surface area contributed by atoms with E-state index in [2.05, 4.69) is 23.7 Å². The molecule has 21 heavy (non-hydrogen) atoms. The van der Waals surface area contributed by atoms with Gasteiger partial charge in [-0.3, -0.25) is 4.79 Å². The highest BCUT2D eigenvalue weighted by molar-refractivity contribution is 5.95. The number of hydrogen-bond donors (Lipinski definition) is 2. The fraction of sp³-hybridized carbons (Fsp3) is 0.706. The molecular weight excluding hydrogens is 264 g/mol. The Morgan fingerprint density at radius 2 is 2.00 bits per heavy atom. The summed E-state index contributed by atoms with van der Waals surface area (Å²) in [6.07, 6.45) is 4.15. The predicted octanol–water partition coefficient (Wildman–Crippen LogP) is 2.97. The molecule has 1 aliphatic carbocycles. The first kappa shape index (κ1) is 16.1. The lowest BCUT2D eigenvalue weighted by Crippen LogP contribution is -2.35. The number of carbonyl (C=O) groups is 1. The number of rotatable bonds is 5. The fourth-order valence-electron chi connectivity index (χ4n) is 3.60. The van der Waals surface area contributed by atoms with Gasteiger partial charge in [0.25, 0.3) is 5.91 Å². The molecule has 1 aliphatic rings. The Morgan fingerprint density at radius 3 is 2.52 bits per heavy atom. The number of nitrogens with one attached hydrogen (secondary N) is 1. The molecule has 0 radical (unpaired) electrons. The number of aromatic nitrogens is 1. The average Bonchev–Trinajstić information content (AvgIpc) is 3.03. The van der Waals surface area contributed by atoms with E-state index in [1.165, 1.54) is 12.8 Å². The van der Waals surface area contributed by atoms with Crippen LogP contribution in [0.25, 0.3) is 0 Å². The largest absolute Gasteiger partial charge is 0.391 e. The normalized spacial score (nSPS) is 17.4. The molecule has 1 unspecified atom stereocenters. The lowest BCUT2D eigenvalue weighted by Gasteiger charge is -2.18. The van der Waals surface area contributed by atoms with E-state index in [1.54, 1.807) is 0 Å². The molecule has 4 heteroatoms. The van der Waals surface area contributed by atoms with Crippen molar-refractivity contribution in [1.29, 1.82) is 0 Å². The maximum atomic E-state index is 12.3. The number of aliphatic hydroxyl groups is 1. The molecule has 0 aliphatic heterocycles. The summed E-state index contributed by atoms with van der Waals surface area (Å²) >= 11 is 0. The standard InChI is InChI=1S/C17H28N2O2/c1-11(2)19-12(3)9-15(13(19)4)17(21)18-10-16(20)14-7-5-6-8-14/h9,11,14,16,20H,5-8,10H2,1-4H3,(H,18,21). The molecule has 1 atom stereocenters. The maximum Gasteiger partial charge on any atom is 0.253 e. The minimum absolute atomic E-state index is 0.0768. The van der Waals surface area contributed by atoms with Crippen LogP contribution in [0.2, 0.25) is 0 Å². The van der Waals surface area contributed by atoms with E-state index in [1.807, 2.05) is 19.9 Å². The van der Waals surface area contributed by atoms with Gasteiger partial charge < -0.3 is 15.0 Å². The molecule has 1 fully saturated rings. The molecule has 1 amide bonds. The van der Waals surface area contributed by atoms with Crippen molar-refractivity contribution in [1.82, 2.24) is 9.88 Å². The molecule has 1 aromatic rings. The third kappa shape index (κ3) is 3.49. The zero-order chi connectivity index (χ0) is 15.6. The van der Waals surface area contributed by atoms with E-state index >= 15 is 0 Å². The van der Waals surface area contributed by atoms with Crippen molar-refractivity contribution in [3.63, 3.8) is 0 Å². The van der Waals surface area contributed by atoms with Crippen LogP contribution in [0.4, 0.5) is 0 Å². The number of hydrogen-bond acceptors (Lipinski definition) is 2. The second kappa shape index (κ2) is 6.65. The summed E-state index contributed by atoms with van der Waals surface area (Å²) in [6, 6.07) is 2.28. The monoisotopic (exact) mass is 292 g/mol. The van der Waals surface area contributed by atoms with Crippen LogP contribution in [-0.4, -0.2) is 28.2 Å². The van der Waals surface area contributed by atoms with Gasteiger partial charge in [-0.2, -0.15) is 0 Å². The molecule has 1 aromatic heterocycles. The highest BCUT2D eigenvalue weighted by Crippen LogP contribution is 2.27. The highest BCUT2D eigenvalue weighted by atomic mass is 16.3. The maximum absolute atomic E-state index is 12.3. The quantitative estimate of drug-likeness (QED) is 0.876. The van der Waals surface area contributed by atoms with Crippen LogP contribution in [0.1, 0.15) is 67.3 Å². The fourth-order valence-corrected chi connectivity index (χ4v) is 3.60. The van der Waals surface area contributed by atoms with E-state index in [0.29, 0.717) is 18.5 Å². The zero-order valence-electron chi connectivity index (χ0n) is 13.6. The van der Waals surface area contributed by atoms with Gasteiger partial charge in [0.2, 0.25) is 0 Å². The molecule has 1 heterocycles. The first-order valence-corrected chi connectivity index (χ1v) is 8.06. The number of aryl methyl sites for hydroxylation is 1. The van der Waals surface area contributed by atoms with Crippen molar-refractivity contribution >= 4 is 5.91 Å². The Bertz CT molecular complexity index is 499. The van der Waals surface area contributed by atoms with E-state index in [-0.39, 0.29) is 5.91 Å². The summed E-state index contributed by atoms with van der Waals surface area (Å²) in [5.74, 6) is 0.278. The van der Waals surface area contributed by atoms with Crippen molar-refractivity contribution in [2.24, 2.45) is 5.92 Å². The highest BCUT2D eigenvalue weighted by Gasteiger charge is 2.24. The lowest BCUT2D eigenvalue weighted by atomic mass is 10.0. The van der Waals surface area contributed by atoms with Gasteiger partial charge in [-0.1, -0.05) is 12.8 Å². The molecule has 1 saturated carbocycles. The van der Waals surface area contributed by atoms with Gasteiger partial charge in [-0.25, -0.2) is 0 Å². The van der Waals surface area contributed by atoms with Crippen molar-refractivity contribution in [2.75, 3.05) is 6.54 Å². The second-order valence-corrected chi connectivity index (χ2v) is 6.57. The van der Waals surface area contributed by atoms with E-state index in [4.69, 9.17) is 0 Å². The number of carbonyl (C=O) groups excluding carboxylic acids is 1. The third-order valence-corrected chi connectivity index (χ3v) is 4.66. The third-order valence-electron chi connectivity index (χ3n) is 4.66. The molecule has 2 rings (SSSR count). The average molecular weight is 292 g/mol. The van der Waals surface area contributed by atoms with Crippen LogP contribution in [0.3, 0.4) is 0 Å². The van der Waals surface area contributed by atoms with Crippen LogP contribution in [0.5, 0.6) is 0 Å². The van der Waals surface area contributed by atoms with Crippen molar-refractivity contribution in [2.45, 2.75) is 65.5 Å². The van der Waals surface area contributed by atoms with Crippen molar-refractivity contribution in [3.05, 3.63) is 23.0 Å². The number of amides is 1. The lowest BCUT2D eigenvalue weighted by molar-refractivity contribution is 0.0840. The Kier molecular flexibility index (Phi) is 5.09. The van der Waals surface area contributed by atoms with Gasteiger partial charge in [-0.05, 0) is 52.5 Å². The molecule has 0 aromatic carbocycles. The molecule has 0 spiro atoms. The van der Waals surface area contributed by atoms with Gasteiger partial charge in [-0.15, -0.1) is 0 Å². The summed E-state index contributed by atoms with van der Waals surface area (Å²) < 4.78 is 2.17. The summed E-state index contributed by atoms with van der Waals surface area (Å²) in [5.41, 5.74) is 2.82. The van der Waals surface area contributed by atoms with Crippen LogP contribution in [0, 0.1) is 19.8 Å². The second-order valence-electron chi connectivity index (χ2n) is 6.57. The first-order valence-electron chi connectivity index (χ1n) is 8.06. The smallest absolute Gasteiger partial charge is 0.253 e. The van der Waals surface area contributed by atoms with E-state index < -0.39 is 6.10 Å². The molecular formula is C17H28N2O2. The summed E-state index contributed by atoms with van der Waals surface area (Å²) in [5, 5.41) is 13.0. The van der Waals surface area contributed by atoms with Crippen molar-refractivity contribution in [3.8, 4) is 0 Å². The Labute approximate surface area is 127 Å². The van der Waals surface area contributed by atoms with Crippen LogP contribution >= 0.6 is 0 Å². The zero-order valence-corrected chi connectivity index (χ0v) is 13.6. The van der Waals surface area contributed by atoms with Crippen molar-refractivity contribution < 1.29 is 9.90 Å². The van der Waals surface area contributed by atoms with Gasteiger partial charge in [0.05, 0.1) is 11.7 Å². The molecule has 4 nitrogen and oxygen atoms in total. The van der Waals surface area contributed by atoms with E-state index in [9.17, 15) is 9.90 Å². The van der Waals surface area contributed by atoms with Gasteiger partial charge in [0.15, 0.2) is 0 Å². The predicted molar refractivity (Wildman–Crippen MR) is 84.6 cm³/mol.